The lowest BCUT2D eigenvalue weighted by atomic mass is 10.2. The molecular formula is C14H15NS. The number of para-hydroxylation sites is 1. The molecule has 82 valence electrons. The van der Waals surface area contributed by atoms with E-state index in [2.05, 4.69) is 61.0 Å². The largest absolute Gasteiger partial charge is 0.325 e. The van der Waals surface area contributed by atoms with Crippen molar-refractivity contribution in [2.75, 3.05) is 4.72 Å². The Balaban J connectivity index is 2.09. The Morgan fingerprint density at radius 1 is 0.812 bits per heavy atom. The second-order valence-electron chi connectivity index (χ2n) is 3.78. The molecule has 1 N–H and O–H groups in total. The maximum Gasteiger partial charge on any atom is 0.0472 e. The van der Waals surface area contributed by atoms with Gasteiger partial charge >= 0.3 is 0 Å². The third-order valence-electron chi connectivity index (χ3n) is 2.51. The van der Waals surface area contributed by atoms with E-state index < -0.39 is 0 Å². The highest BCUT2D eigenvalue weighted by atomic mass is 32.2. The number of rotatable bonds is 3. The van der Waals surface area contributed by atoms with Crippen LogP contribution in [-0.2, 0) is 0 Å². The van der Waals surface area contributed by atoms with Gasteiger partial charge in [-0.3, -0.25) is 0 Å². The average molecular weight is 229 g/mol. The lowest BCUT2D eigenvalue weighted by Crippen LogP contribution is -1.90. The normalized spacial score (nSPS) is 10.1. The number of aryl methyl sites for hydroxylation is 2. The van der Waals surface area contributed by atoms with Crippen LogP contribution < -0.4 is 4.72 Å². The lowest BCUT2D eigenvalue weighted by Gasteiger charge is -2.09. The quantitative estimate of drug-likeness (QED) is 0.782. The van der Waals surface area contributed by atoms with Gasteiger partial charge in [0.15, 0.2) is 0 Å². The lowest BCUT2D eigenvalue weighted by molar-refractivity contribution is 1.30. The molecule has 0 bridgehead atoms. The second kappa shape index (κ2) is 5.08. The molecule has 16 heavy (non-hydrogen) atoms. The van der Waals surface area contributed by atoms with Gasteiger partial charge in [-0.15, -0.1) is 0 Å². The molecule has 1 nitrogen and oxygen atoms in total. The fourth-order valence-electron chi connectivity index (χ4n) is 1.47. The maximum atomic E-state index is 3.39. The van der Waals surface area contributed by atoms with Crippen LogP contribution in [0.25, 0.3) is 0 Å². The number of benzene rings is 2. The summed E-state index contributed by atoms with van der Waals surface area (Å²) < 4.78 is 3.39. The Bertz CT molecular complexity index is 434. The Hall–Kier alpha value is -1.41. The molecule has 0 fully saturated rings. The fourth-order valence-corrected chi connectivity index (χ4v) is 2.29. The molecule has 0 saturated heterocycles. The monoisotopic (exact) mass is 229 g/mol. The van der Waals surface area contributed by atoms with Gasteiger partial charge in [0.25, 0.3) is 0 Å². The number of hydrogen-bond acceptors (Lipinski definition) is 2. The van der Waals surface area contributed by atoms with Gasteiger partial charge in [-0.2, -0.15) is 0 Å². The number of hydrogen-bond donors (Lipinski definition) is 1. The summed E-state index contributed by atoms with van der Waals surface area (Å²) in [4.78, 5) is 1.27. The third-order valence-corrected chi connectivity index (χ3v) is 3.51. The Morgan fingerprint density at radius 2 is 1.44 bits per heavy atom. The molecule has 0 spiro atoms. The van der Waals surface area contributed by atoms with E-state index >= 15 is 0 Å². The zero-order valence-electron chi connectivity index (χ0n) is 9.53. The van der Waals surface area contributed by atoms with Gasteiger partial charge in [0, 0.05) is 10.6 Å². The van der Waals surface area contributed by atoms with Crippen molar-refractivity contribution in [2.45, 2.75) is 18.7 Å². The van der Waals surface area contributed by atoms with Crippen molar-refractivity contribution in [1.29, 1.82) is 0 Å². The third kappa shape index (κ3) is 2.58. The van der Waals surface area contributed by atoms with Crippen LogP contribution in [0.5, 0.6) is 0 Å². The van der Waals surface area contributed by atoms with Gasteiger partial charge in [-0.1, -0.05) is 36.4 Å². The van der Waals surface area contributed by atoms with Gasteiger partial charge in [0.2, 0.25) is 0 Å². The minimum atomic E-state index is 1.18. The molecule has 0 radical (unpaired) electrons. The molecular weight excluding hydrogens is 214 g/mol. The summed E-state index contributed by atoms with van der Waals surface area (Å²) in [5.74, 6) is 0. The molecule has 2 rings (SSSR count). The van der Waals surface area contributed by atoms with Gasteiger partial charge in [-0.25, -0.2) is 0 Å². The van der Waals surface area contributed by atoms with Crippen molar-refractivity contribution in [3.63, 3.8) is 0 Å². The molecule has 2 aromatic rings. The van der Waals surface area contributed by atoms with Crippen LogP contribution >= 0.6 is 11.9 Å². The molecule has 0 aromatic heterocycles. The summed E-state index contributed by atoms with van der Waals surface area (Å²) in [5.41, 5.74) is 3.74. The predicted octanol–water partition coefficient (Wildman–Crippen LogP) is 4.42. The summed E-state index contributed by atoms with van der Waals surface area (Å²) in [7, 11) is 0. The Kier molecular flexibility index (Phi) is 3.52. The minimum absolute atomic E-state index is 1.18. The standard InChI is InChI=1S/C14H15NS/c1-11-7-3-5-9-13(11)15-16-14-10-6-4-8-12(14)2/h3-10,15H,1-2H3. The van der Waals surface area contributed by atoms with E-state index in [0.29, 0.717) is 0 Å². The SMILES string of the molecule is Cc1ccccc1NSc1ccccc1C. The van der Waals surface area contributed by atoms with E-state index in [1.165, 1.54) is 21.7 Å². The Morgan fingerprint density at radius 3 is 2.12 bits per heavy atom. The molecule has 2 aromatic carbocycles. The minimum Gasteiger partial charge on any atom is -0.325 e. The predicted molar refractivity (Wildman–Crippen MR) is 71.8 cm³/mol. The van der Waals surface area contributed by atoms with Gasteiger partial charge in [-0.05, 0) is 49.1 Å². The molecule has 2 heteroatoms. The van der Waals surface area contributed by atoms with Gasteiger partial charge in [0.1, 0.15) is 0 Å². The molecule has 0 saturated carbocycles. The van der Waals surface area contributed by atoms with Crippen LogP contribution in [-0.4, -0.2) is 0 Å². The molecule has 0 aliphatic heterocycles. The van der Waals surface area contributed by atoms with Crippen LogP contribution in [0.1, 0.15) is 11.1 Å². The first kappa shape index (κ1) is 11.1. The van der Waals surface area contributed by atoms with E-state index in [-0.39, 0.29) is 0 Å². The van der Waals surface area contributed by atoms with E-state index in [1.807, 2.05) is 6.07 Å². The van der Waals surface area contributed by atoms with Gasteiger partial charge in [0.05, 0.1) is 0 Å². The first-order valence-electron chi connectivity index (χ1n) is 5.31. The first-order valence-corrected chi connectivity index (χ1v) is 6.13. The van der Waals surface area contributed by atoms with Crippen molar-refractivity contribution < 1.29 is 0 Å². The van der Waals surface area contributed by atoms with Crippen LogP contribution in [0, 0.1) is 13.8 Å². The van der Waals surface area contributed by atoms with E-state index in [4.69, 9.17) is 0 Å². The van der Waals surface area contributed by atoms with Crippen LogP contribution in [0.2, 0.25) is 0 Å². The zero-order valence-corrected chi connectivity index (χ0v) is 10.3. The molecule has 0 aliphatic carbocycles. The van der Waals surface area contributed by atoms with Crippen molar-refractivity contribution in [3.05, 3.63) is 59.7 Å². The highest BCUT2D eigenvalue weighted by Crippen LogP contribution is 2.25. The van der Waals surface area contributed by atoms with Crippen molar-refractivity contribution in [3.8, 4) is 0 Å². The fraction of sp³-hybridized carbons (Fsp3) is 0.143. The average Bonchev–Trinajstić information content (AvgIpc) is 2.30. The topological polar surface area (TPSA) is 12.0 Å². The smallest absolute Gasteiger partial charge is 0.0472 e. The van der Waals surface area contributed by atoms with E-state index in [9.17, 15) is 0 Å². The molecule has 0 heterocycles. The van der Waals surface area contributed by atoms with Crippen molar-refractivity contribution in [2.24, 2.45) is 0 Å². The highest BCUT2D eigenvalue weighted by Gasteiger charge is 1.99. The van der Waals surface area contributed by atoms with Crippen LogP contribution in [0.3, 0.4) is 0 Å². The molecule has 0 unspecified atom stereocenters. The zero-order chi connectivity index (χ0) is 11.4. The van der Waals surface area contributed by atoms with Gasteiger partial charge < -0.3 is 4.72 Å². The Labute approximate surface area is 101 Å². The highest BCUT2D eigenvalue weighted by molar-refractivity contribution is 8.00. The van der Waals surface area contributed by atoms with Crippen molar-refractivity contribution in [1.82, 2.24) is 0 Å². The number of anilines is 1. The summed E-state index contributed by atoms with van der Waals surface area (Å²) >= 11 is 1.66. The second-order valence-corrected chi connectivity index (χ2v) is 4.63. The van der Waals surface area contributed by atoms with Crippen molar-refractivity contribution >= 4 is 17.6 Å². The van der Waals surface area contributed by atoms with E-state index in [1.54, 1.807) is 11.9 Å². The van der Waals surface area contributed by atoms with Crippen LogP contribution in [0.15, 0.2) is 53.4 Å². The number of nitrogens with one attached hydrogen (secondary N) is 1. The summed E-state index contributed by atoms with van der Waals surface area (Å²) in [5, 5.41) is 0. The summed E-state index contributed by atoms with van der Waals surface area (Å²) in [6.07, 6.45) is 0. The maximum absolute atomic E-state index is 3.39. The first-order chi connectivity index (χ1) is 7.77. The van der Waals surface area contributed by atoms with E-state index in [0.717, 1.165) is 0 Å². The molecule has 0 aliphatic rings. The summed E-state index contributed by atoms with van der Waals surface area (Å²) in [6.45, 7) is 4.24. The molecule has 0 atom stereocenters. The molecule has 0 amide bonds. The summed E-state index contributed by atoms with van der Waals surface area (Å²) in [6, 6.07) is 16.7. The van der Waals surface area contributed by atoms with Crippen LogP contribution in [0.4, 0.5) is 5.69 Å².